The van der Waals surface area contributed by atoms with E-state index in [0.29, 0.717) is 6.29 Å². The molecule has 0 bridgehead atoms. The highest BCUT2D eigenvalue weighted by Crippen LogP contribution is 1.94. The molecule has 5 nitrogen and oxygen atoms in total. The zero-order valence-electron chi connectivity index (χ0n) is 5.83. The Kier molecular flexibility index (Phi) is 2.00. The van der Waals surface area contributed by atoms with Crippen LogP contribution in [0.5, 0.6) is 0 Å². The Morgan fingerprint density at radius 1 is 1.82 bits per heavy atom. The lowest BCUT2D eigenvalue weighted by Gasteiger charge is -1.90. The second-order valence-electron chi connectivity index (χ2n) is 1.80. The molecule has 0 aliphatic carbocycles. The molecule has 0 unspecified atom stereocenters. The molecule has 0 aliphatic rings. The highest BCUT2D eigenvalue weighted by molar-refractivity contribution is 5.86. The van der Waals surface area contributed by atoms with E-state index in [0.717, 1.165) is 0 Å². The van der Waals surface area contributed by atoms with Gasteiger partial charge in [0.15, 0.2) is 6.29 Å². The molecule has 1 aromatic rings. The smallest absolute Gasteiger partial charge is 0.374 e. The van der Waals surface area contributed by atoms with E-state index in [-0.39, 0.29) is 11.5 Å². The highest BCUT2D eigenvalue weighted by Gasteiger charge is 2.08. The number of hydrogen-bond donors (Lipinski definition) is 1. The van der Waals surface area contributed by atoms with Crippen molar-refractivity contribution in [3.05, 3.63) is 17.7 Å². The molecule has 0 radical (unpaired) electrons. The molecule has 0 spiro atoms. The van der Waals surface area contributed by atoms with Crippen LogP contribution in [0.4, 0.5) is 0 Å². The summed E-state index contributed by atoms with van der Waals surface area (Å²) in [5.74, 6) is -0.548. The van der Waals surface area contributed by atoms with Gasteiger partial charge in [-0.1, -0.05) is 0 Å². The van der Waals surface area contributed by atoms with Crippen LogP contribution in [0.1, 0.15) is 21.1 Å². The SMILES string of the molecule is COC(=O)c1ncc(C=O)[nH]1. The van der Waals surface area contributed by atoms with Crippen molar-refractivity contribution in [3.63, 3.8) is 0 Å². The van der Waals surface area contributed by atoms with Crippen molar-refractivity contribution in [2.45, 2.75) is 0 Å². The molecule has 58 valence electrons. The first kappa shape index (κ1) is 7.46. The van der Waals surface area contributed by atoms with Gasteiger partial charge < -0.3 is 9.72 Å². The predicted molar refractivity (Wildman–Crippen MR) is 35.3 cm³/mol. The molecule has 1 aromatic heterocycles. The average Bonchev–Trinajstić information content (AvgIpc) is 2.50. The van der Waals surface area contributed by atoms with E-state index < -0.39 is 5.97 Å². The Hall–Kier alpha value is -1.65. The summed E-state index contributed by atoms with van der Waals surface area (Å²) in [5.41, 5.74) is 0.255. The first-order valence-corrected chi connectivity index (χ1v) is 2.86. The van der Waals surface area contributed by atoms with E-state index in [1.165, 1.54) is 13.3 Å². The molecule has 1 rings (SSSR count). The first-order chi connectivity index (χ1) is 5.27. The second kappa shape index (κ2) is 2.96. The van der Waals surface area contributed by atoms with Gasteiger partial charge in [0.25, 0.3) is 0 Å². The Bertz CT molecular complexity index is 279. The van der Waals surface area contributed by atoms with Crippen molar-refractivity contribution in [2.75, 3.05) is 7.11 Å². The van der Waals surface area contributed by atoms with Gasteiger partial charge in [-0.25, -0.2) is 9.78 Å². The third-order valence-corrected chi connectivity index (χ3v) is 1.10. The number of carbonyl (C=O) groups excluding carboxylic acids is 2. The van der Waals surface area contributed by atoms with Crippen LogP contribution in [0.3, 0.4) is 0 Å². The van der Waals surface area contributed by atoms with Gasteiger partial charge >= 0.3 is 5.97 Å². The molecule has 0 aliphatic heterocycles. The van der Waals surface area contributed by atoms with Crippen LogP contribution < -0.4 is 0 Å². The van der Waals surface area contributed by atoms with Crippen LogP contribution in [0, 0.1) is 0 Å². The molecular formula is C6H6N2O3. The van der Waals surface area contributed by atoms with E-state index in [2.05, 4.69) is 14.7 Å². The van der Waals surface area contributed by atoms with Crippen LogP contribution in [-0.2, 0) is 4.74 Å². The zero-order valence-corrected chi connectivity index (χ0v) is 5.83. The molecule has 0 fully saturated rings. The molecule has 11 heavy (non-hydrogen) atoms. The number of aromatic nitrogens is 2. The molecule has 1 N–H and O–H groups in total. The first-order valence-electron chi connectivity index (χ1n) is 2.86. The van der Waals surface area contributed by atoms with Crippen LogP contribution in [0.25, 0.3) is 0 Å². The number of aromatic amines is 1. The lowest BCUT2D eigenvalue weighted by atomic mass is 10.5. The molecule has 0 aromatic carbocycles. The number of carbonyl (C=O) groups is 2. The van der Waals surface area contributed by atoms with Gasteiger partial charge in [-0.05, 0) is 0 Å². The standard InChI is InChI=1S/C6H6N2O3/c1-11-6(10)5-7-2-4(3-9)8-5/h2-3H,1H3,(H,7,8). The number of esters is 1. The Morgan fingerprint density at radius 3 is 3.00 bits per heavy atom. The van der Waals surface area contributed by atoms with Crippen LogP contribution in [0.15, 0.2) is 6.20 Å². The maximum atomic E-state index is 10.7. The Balaban J connectivity index is 2.88. The summed E-state index contributed by atoms with van der Waals surface area (Å²) in [6.07, 6.45) is 1.83. The van der Waals surface area contributed by atoms with Crippen molar-refractivity contribution < 1.29 is 14.3 Å². The number of imidazole rings is 1. The molecule has 5 heteroatoms. The number of ether oxygens (including phenoxy) is 1. The second-order valence-corrected chi connectivity index (χ2v) is 1.80. The van der Waals surface area contributed by atoms with E-state index in [4.69, 9.17) is 0 Å². The fraction of sp³-hybridized carbons (Fsp3) is 0.167. The number of nitrogens with zero attached hydrogens (tertiary/aromatic N) is 1. The topological polar surface area (TPSA) is 72.0 Å². The van der Waals surface area contributed by atoms with Gasteiger partial charge in [0.05, 0.1) is 19.0 Å². The maximum absolute atomic E-state index is 10.7. The minimum Gasteiger partial charge on any atom is -0.463 e. The number of methoxy groups -OCH3 is 1. The summed E-state index contributed by atoms with van der Waals surface area (Å²) in [5, 5.41) is 0. The summed E-state index contributed by atoms with van der Waals surface area (Å²) in [7, 11) is 1.24. The molecule has 0 saturated carbocycles. The van der Waals surface area contributed by atoms with Gasteiger partial charge in [-0.15, -0.1) is 0 Å². The van der Waals surface area contributed by atoms with Gasteiger partial charge in [-0.3, -0.25) is 4.79 Å². The van der Waals surface area contributed by atoms with Crippen molar-refractivity contribution in [1.82, 2.24) is 9.97 Å². The summed E-state index contributed by atoms with van der Waals surface area (Å²) >= 11 is 0. The number of hydrogen-bond acceptors (Lipinski definition) is 4. The minimum absolute atomic E-state index is 0.0367. The van der Waals surface area contributed by atoms with E-state index in [1.54, 1.807) is 0 Å². The van der Waals surface area contributed by atoms with Crippen LogP contribution in [-0.4, -0.2) is 29.3 Å². The fourth-order valence-electron chi connectivity index (χ4n) is 0.596. The number of H-pyrrole nitrogens is 1. The summed E-state index contributed by atoms with van der Waals surface area (Å²) in [6, 6.07) is 0. The normalized spacial score (nSPS) is 9.18. The van der Waals surface area contributed by atoms with Crippen molar-refractivity contribution in [2.24, 2.45) is 0 Å². The van der Waals surface area contributed by atoms with Gasteiger partial charge in [-0.2, -0.15) is 0 Å². The fourth-order valence-corrected chi connectivity index (χ4v) is 0.596. The zero-order chi connectivity index (χ0) is 8.27. The Labute approximate surface area is 62.4 Å². The third-order valence-electron chi connectivity index (χ3n) is 1.10. The average molecular weight is 154 g/mol. The lowest BCUT2D eigenvalue weighted by molar-refractivity contribution is 0.0588. The van der Waals surface area contributed by atoms with Crippen LogP contribution >= 0.6 is 0 Å². The largest absolute Gasteiger partial charge is 0.463 e. The number of rotatable bonds is 2. The lowest BCUT2D eigenvalue weighted by Crippen LogP contribution is -2.03. The Morgan fingerprint density at radius 2 is 2.55 bits per heavy atom. The van der Waals surface area contributed by atoms with Crippen molar-refractivity contribution in [1.29, 1.82) is 0 Å². The summed E-state index contributed by atoms with van der Waals surface area (Å²) in [6.45, 7) is 0. The van der Waals surface area contributed by atoms with Crippen molar-refractivity contribution in [3.8, 4) is 0 Å². The molecule has 0 saturated heterocycles. The maximum Gasteiger partial charge on any atom is 0.374 e. The van der Waals surface area contributed by atoms with E-state index in [9.17, 15) is 9.59 Å². The molecule has 0 atom stereocenters. The van der Waals surface area contributed by atoms with Gasteiger partial charge in [0.2, 0.25) is 5.82 Å². The number of nitrogens with one attached hydrogen (secondary N) is 1. The van der Waals surface area contributed by atoms with E-state index >= 15 is 0 Å². The van der Waals surface area contributed by atoms with Gasteiger partial charge in [0, 0.05) is 0 Å². The quantitative estimate of drug-likeness (QED) is 0.481. The van der Waals surface area contributed by atoms with Crippen LogP contribution in [0.2, 0.25) is 0 Å². The minimum atomic E-state index is -0.585. The third kappa shape index (κ3) is 1.43. The van der Waals surface area contributed by atoms with E-state index in [1.807, 2.05) is 0 Å². The summed E-state index contributed by atoms with van der Waals surface area (Å²) < 4.78 is 4.35. The monoisotopic (exact) mass is 154 g/mol. The molecular weight excluding hydrogens is 148 g/mol. The van der Waals surface area contributed by atoms with Crippen molar-refractivity contribution >= 4 is 12.3 Å². The highest BCUT2D eigenvalue weighted by atomic mass is 16.5. The number of aldehydes is 1. The predicted octanol–water partition coefficient (Wildman–Crippen LogP) is 0.00880. The van der Waals surface area contributed by atoms with Gasteiger partial charge in [0.1, 0.15) is 0 Å². The summed E-state index contributed by atoms with van der Waals surface area (Å²) in [4.78, 5) is 26.9. The molecule has 0 amide bonds. The molecule has 1 heterocycles.